The van der Waals surface area contributed by atoms with Crippen molar-refractivity contribution in [3.05, 3.63) is 30.1 Å². The second-order valence-corrected chi connectivity index (χ2v) is 8.41. The number of hydrogen-bond acceptors (Lipinski definition) is 3. The van der Waals surface area contributed by atoms with E-state index in [-0.39, 0.29) is 17.8 Å². The molecule has 0 radical (unpaired) electrons. The Hall–Kier alpha value is -1.62. The van der Waals surface area contributed by atoms with Crippen LogP contribution in [0.15, 0.2) is 24.3 Å². The highest BCUT2D eigenvalue weighted by Crippen LogP contribution is 2.49. The molecule has 4 atom stereocenters. The Morgan fingerprint density at radius 1 is 1.19 bits per heavy atom. The van der Waals surface area contributed by atoms with Gasteiger partial charge in [0.1, 0.15) is 5.82 Å². The third kappa shape index (κ3) is 3.73. The largest absolute Gasteiger partial charge is 0.367 e. The summed E-state index contributed by atoms with van der Waals surface area (Å²) in [5, 5.41) is 3.25. The smallest absolute Gasteiger partial charge is 0.234 e. The molecule has 4 nitrogen and oxygen atoms in total. The van der Waals surface area contributed by atoms with E-state index in [1.807, 2.05) is 12.1 Å². The Balaban J connectivity index is 1.23. The Morgan fingerprint density at radius 2 is 1.96 bits per heavy atom. The van der Waals surface area contributed by atoms with E-state index < -0.39 is 0 Å². The van der Waals surface area contributed by atoms with E-state index in [0.717, 1.165) is 38.0 Å². The van der Waals surface area contributed by atoms with Crippen molar-refractivity contribution in [3.8, 4) is 0 Å². The maximum Gasteiger partial charge on any atom is 0.234 e. The number of anilines is 1. The normalized spacial score (nSPS) is 29.8. The number of carbonyl (C=O) groups is 1. The molecule has 5 heteroatoms. The van der Waals surface area contributed by atoms with Crippen LogP contribution in [-0.2, 0) is 4.79 Å². The molecule has 1 N–H and O–H groups in total. The van der Waals surface area contributed by atoms with Gasteiger partial charge in [0.15, 0.2) is 0 Å². The van der Waals surface area contributed by atoms with Gasteiger partial charge in [0.2, 0.25) is 5.91 Å². The van der Waals surface area contributed by atoms with Crippen molar-refractivity contribution in [2.75, 3.05) is 37.6 Å². The lowest BCUT2D eigenvalue weighted by molar-refractivity contribution is -0.123. The van der Waals surface area contributed by atoms with Gasteiger partial charge in [-0.15, -0.1) is 0 Å². The highest BCUT2D eigenvalue weighted by Gasteiger charge is 2.42. The number of para-hydroxylation sites is 1. The first-order valence-corrected chi connectivity index (χ1v) is 10.1. The van der Waals surface area contributed by atoms with Gasteiger partial charge >= 0.3 is 0 Å². The molecule has 0 aromatic heterocycles. The molecule has 1 amide bonds. The van der Waals surface area contributed by atoms with Crippen molar-refractivity contribution in [2.24, 2.45) is 17.8 Å². The van der Waals surface area contributed by atoms with Gasteiger partial charge in [0.25, 0.3) is 0 Å². The van der Waals surface area contributed by atoms with Gasteiger partial charge in [0.05, 0.1) is 12.2 Å². The molecule has 1 aromatic rings. The standard InChI is InChI=1S/C21H30FN3O/c1-15(18-13-16-6-7-17(18)12-16)23-21(26)14-24-8-10-25(11-9-24)20-5-3-2-4-19(20)22/h2-5,15-18H,6-14H2,1H3,(H,23,26)/t15-,16+,17+,18-/m1/s1. The van der Waals surface area contributed by atoms with Crippen molar-refractivity contribution < 1.29 is 9.18 Å². The summed E-state index contributed by atoms with van der Waals surface area (Å²) >= 11 is 0. The third-order valence-corrected chi connectivity index (χ3v) is 6.76. The molecule has 2 saturated carbocycles. The second kappa shape index (κ2) is 7.55. The molecule has 2 bridgehead atoms. The van der Waals surface area contributed by atoms with Crippen LogP contribution >= 0.6 is 0 Å². The molecular weight excluding hydrogens is 329 g/mol. The molecule has 3 fully saturated rings. The first-order chi connectivity index (χ1) is 12.6. The number of carbonyl (C=O) groups excluding carboxylic acids is 1. The number of piperazine rings is 1. The fourth-order valence-corrected chi connectivity index (χ4v) is 5.37. The number of amides is 1. The van der Waals surface area contributed by atoms with E-state index in [4.69, 9.17) is 0 Å². The molecule has 4 rings (SSSR count). The average molecular weight is 359 g/mol. The third-order valence-electron chi connectivity index (χ3n) is 6.76. The summed E-state index contributed by atoms with van der Waals surface area (Å²) in [6.45, 7) is 5.75. The van der Waals surface area contributed by atoms with Crippen molar-refractivity contribution >= 4 is 11.6 Å². The Labute approximate surface area is 155 Å². The highest BCUT2D eigenvalue weighted by atomic mass is 19.1. The van der Waals surface area contributed by atoms with Crippen LogP contribution in [0.3, 0.4) is 0 Å². The summed E-state index contributed by atoms with van der Waals surface area (Å²) in [6.07, 6.45) is 5.43. The second-order valence-electron chi connectivity index (χ2n) is 8.41. The SMILES string of the molecule is C[C@@H](NC(=O)CN1CCN(c2ccccc2F)CC1)[C@H]1C[C@H]2CC[C@H]1C2. The number of nitrogens with one attached hydrogen (secondary N) is 1. The van der Waals surface area contributed by atoms with Gasteiger partial charge in [-0.05, 0) is 56.1 Å². The van der Waals surface area contributed by atoms with Gasteiger partial charge in [-0.1, -0.05) is 18.6 Å². The van der Waals surface area contributed by atoms with Crippen LogP contribution in [0.5, 0.6) is 0 Å². The minimum Gasteiger partial charge on any atom is -0.367 e. The fraction of sp³-hybridized carbons (Fsp3) is 0.667. The van der Waals surface area contributed by atoms with E-state index in [1.165, 1.54) is 31.7 Å². The van der Waals surface area contributed by atoms with E-state index in [0.29, 0.717) is 18.2 Å². The van der Waals surface area contributed by atoms with Crippen LogP contribution in [0.2, 0.25) is 0 Å². The lowest BCUT2D eigenvalue weighted by atomic mass is 9.84. The van der Waals surface area contributed by atoms with Crippen LogP contribution < -0.4 is 10.2 Å². The number of fused-ring (bicyclic) bond motifs is 2. The first-order valence-electron chi connectivity index (χ1n) is 10.1. The molecule has 1 aliphatic heterocycles. The molecule has 1 heterocycles. The minimum absolute atomic E-state index is 0.139. The predicted octanol–water partition coefficient (Wildman–Crippen LogP) is 2.89. The van der Waals surface area contributed by atoms with Gasteiger partial charge < -0.3 is 10.2 Å². The molecule has 0 unspecified atom stereocenters. The van der Waals surface area contributed by atoms with E-state index in [1.54, 1.807) is 6.07 Å². The monoisotopic (exact) mass is 359 g/mol. The molecule has 3 aliphatic rings. The minimum atomic E-state index is -0.168. The van der Waals surface area contributed by atoms with Crippen LogP contribution in [0.1, 0.15) is 32.6 Å². The fourth-order valence-electron chi connectivity index (χ4n) is 5.37. The number of rotatable bonds is 5. The van der Waals surface area contributed by atoms with Crippen molar-refractivity contribution in [1.29, 1.82) is 0 Å². The topological polar surface area (TPSA) is 35.6 Å². The van der Waals surface area contributed by atoms with Crippen LogP contribution in [0.4, 0.5) is 10.1 Å². The van der Waals surface area contributed by atoms with E-state index in [2.05, 4.69) is 22.0 Å². The summed E-state index contributed by atoms with van der Waals surface area (Å²) in [5.74, 6) is 2.39. The number of benzene rings is 1. The maximum atomic E-state index is 13.9. The van der Waals surface area contributed by atoms with Crippen LogP contribution in [-0.4, -0.2) is 49.6 Å². The van der Waals surface area contributed by atoms with Gasteiger partial charge in [-0.3, -0.25) is 9.69 Å². The summed E-state index contributed by atoms with van der Waals surface area (Å²) in [4.78, 5) is 16.7. The summed E-state index contributed by atoms with van der Waals surface area (Å²) in [6, 6.07) is 7.21. The van der Waals surface area contributed by atoms with E-state index in [9.17, 15) is 9.18 Å². The van der Waals surface area contributed by atoms with Crippen molar-refractivity contribution in [1.82, 2.24) is 10.2 Å². The maximum absolute atomic E-state index is 13.9. The molecule has 2 aliphatic carbocycles. The number of halogens is 1. The molecule has 1 aromatic carbocycles. The number of hydrogen-bond donors (Lipinski definition) is 1. The molecule has 0 spiro atoms. The molecule has 1 saturated heterocycles. The predicted molar refractivity (Wildman–Crippen MR) is 102 cm³/mol. The Bertz CT molecular complexity index is 644. The molecule has 26 heavy (non-hydrogen) atoms. The van der Waals surface area contributed by atoms with Gasteiger partial charge in [-0.2, -0.15) is 0 Å². The lowest BCUT2D eigenvalue weighted by Gasteiger charge is -2.36. The van der Waals surface area contributed by atoms with Crippen molar-refractivity contribution in [3.63, 3.8) is 0 Å². The lowest BCUT2D eigenvalue weighted by Crippen LogP contribution is -2.51. The molecule has 142 valence electrons. The summed E-state index contributed by atoms with van der Waals surface area (Å²) in [7, 11) is 0. The Morgan fingerprint density at radius 3 is 2.62 bits per heavy atom. The summed E-state index contributed by atoms with van der Waals surface area (Å²) in [5.41, 5.74) is 0.668. The van der Waals surface area contributed by atoms with Gasteiger partial charge in [-0.25, -0.2) is 4.39 Å². The zero-order chi connectivity index (χ0) is 18.1. The quantitative estimate of drug-likeness (QED) is 0.878. The van der Waals surface area contributed by atoms with Gasteiger partial charge in [0, 0.05) is 32.2 Å². The van der Waals surface area contributed by atoms with E-state index >= 15 is 0 Å². The van der Waals surface area contributed by atoms with Crippen LogP contribution in [0.25, 0.3) is 0 Å². The first kappa shape index (κ1) is 17.8. The Kier molecular flexibility index (Phi) is 5.16. The highest BCUT2D eigenvalue weighted by molar-refractivity contribution is 5.78. The number of nitrogens with zero attached hydrogens (tertiary/aromatic N) is 2. The average Bonchev–Trinajstić information content (AvgIpc) is 3.26. The summed E-state index contributed by atoms with van der Waals surface area (Å²) < 4.78 is 13.9. The zero-order valence-corrected chi connectivity index (χ0v) is 15.7. The van der Waals surface area contributed by atoms with Crippen LogP contribution in [0, 0.1) is 23.6 Å². The molecular formula is C21H30FN3O. The van der Waals surface area contributed by atoms with Crippen molar-refractivity contribution in [2.45, 2.75) is 38.6 Å². The zero-order valence-electron chi connectivity index (χ0n) is 15.7.